The Labute approximate surface area is 174 Å². The van der Waals surface area contributed by atoms with Crippen LogP contribution in [-0.4, -0.2) is 43.6 Å². The van der Waals surface area contributed by atoms with E-state index < -0.39 is 5.97 Å². The highest BCUT2D eigenvalue weighted by Crippen LogP contribution is 2.30. The molecule has 2 heterocycles. The molecular weight excluding hydrogens is 388 g/mol. The summed E-state index contributed by atoms with van der Waals surface area (Å²) in [6.07, 6.45) is 7.84. The average Bonchev–Trinajstić information content (AvgIpc) is 3.41. The van der Waals surface area contributed by atoms with E-state index in [1.165, 1.54) is 30.7 Å². The molecule has 7 heteroatoms. The lowest BCUT2D eigenvalue weighted by Crippen LogP contribution is -2.29. The molecule has 0 saturated heterocycles. The van der Waals surface area contributed by atoms with Crippen molar-refractivity contribution in [2.45, 2.75) is 25.9 Å². The molecule has 150 valence electrons. The molecule has 2 aromatic heterocycles. The van der Waals surface area contributed by atoms with Crippen LogP contribution in [0.1, 0.15) is 28.8 Å². The van der Waals surface area contributed by atoms with Gasteiger partial charge in [0.25, 0.3) is 0 Å². The largest absolute Gasteiger partial charge is 0.478 e. The smallest absolute Gasteiger partial charge is 0.335 e. The van der Waals surface area contributed by atoms with Crippen molar-refractivity contribution in [3.05, 3.63) is 71.3 Å². The van der Waals surface area contributed by atoms with Gasteiger partial charge in [-0.2, -0.15) is 0 Å². The number of carbonyl (C=O) groups is 1. The summed E-state index contributed by atoms with van der Waals surface area (Å²) in [5, 5.41) is 9.91. The first-order chi connectivity index (χ1) is 14.1. The molecule has 1 aromatic carbocycles. The third kappa shape index (κ3) is 5.43. The molecule has 0 aliphatic heterocycles. The maximum atomic E-state index is 11.2. The van der Waals surface area contributed by atoms with Crippen molar-refractivity contribution in [1.29, 1.82) is 0 Å². The summed E-state index contributed by atoms with van der Waals surface area (Å²) in [5.41, 5.74) is 2.72. The normalized spacial score (nSPS) is 13.7. The van der Waals surface area contributed by atoms with E-state index in [2.05, 4.69) is 27.0 Å². The van der Waals surface area contributed by atoms with E-state index in [4.69, 9.17) is 16.7 Å². The number of imidazole rings is 1. The predicted octanol–water partition coefficient (Wildman–Crippen LogP) is 4.21. The molecule has 1 aliphatic carbocycles. The quantitative estimate of drug-likeness (QED) is 0.572. The van der Waals surface area contributed by atoms with E-state index in [0.717, 1.165) is 37.1 Å². The molecule has 6 nitrogen and oxygen atoms in total. The van der Waals surface area contributed by atoms with Crippen molar-refractivity contribution in [1.82, 2.24) is 19.4 Å². The van der Waals surface area contributed by atoms with Crippen LogP contribution >= 0.6 is 11.6 Å². The summed E-state index contributed by atoms with van der Waals surface area (Å²) < 4.78 is 2.03. The minimum atomic E-state index is -0.967. The number of carboxylic acids is 1. The molecule has 0 bridgehead atoms. The lowest BCUT2D eigenvalue weighted by Gasteiger charge is -2.22. The lowest BCUT2D eigenvalue weighted by atomic mass is 10.2. The van der Waals surface area contributed by atoms with Crippen LogP contribution in [0.3, 0.4) is 0 Å². The van der Waals surface area contributed by atoms with Gasteiger partial charge in [0.1, 0.15) is 5.69 Å². The van der Waals surface area contributed by atoms with Crippen molar-refractivity contribution in [2.75, 3.05) is 13.1 Å². The second-order valence-corrected chi connectivity index (χ2v) is 7.97. The summed E-state index contributed by atoms with van der Waals surface area (Å²) in [5.74, 6) is -0.158. The Morgan fingerprint density at radius 2 is 1.97 bits per heavy atom. The van der Waals surface area contributed by atoms with E-state index in [1.54, 1.807) is 12.4 Å². The van der Waals surface area contributed by atoms with Crippen molar-refractivity contribution in [3.63, 3.8) is 0 Å². The van der Waals surface area contributed by atoms with Gasteiger partial charge in [0.05, 0.1) is 17.6 Å². The second-order valence-electron chi connectivity index (χ2n) is 7.54. The van der Waals surface area contributed by atoms with Gasteiger partial charge in [-0.15, -0.1) is 0 Å². The molecule has 29 heavy (non-hydrogen) atoms. The molecule has 3 aromatic rings. The number of hydrogen-bond donors (Lipinski definition) is 1. The van der Waals surface area contributed by atoms with E-state index >= 15 is 0 Å². The van der Waals surface area contributed by atoms with Crippen LogP contribution < -0.4 is 0 Å². The molecule has 4 rings (SSSR count). The Balaban J connectivity index is 1.40. The minimum Gasteiger partial charge on any atom is -0.478 e. The van der Waals surface area contributed by atoms with Crippen molar-refractivity contribution >= 4 is 17.6 Å². The summed E-state index contributed by atoms with van der Waals surface area (Å²) in [7, 11) is 0. The average molecular weight is 411 g/mol. The molecule has 0 atom stereocenters. The van der Waals surface area contributed by atoms with Crippen LogP contribution in [-0.2, 0) is 13.1 Å². The molecule has 0 unspecified atom stereocenters. The molecule has 1 aliphatic rings. The Morgan fingerprint density at radius 3 is 2.69 bits per heavy atom. The fourth-order valence-electron chi connectivity index (χ4n) is 3.32. The van der Waals surface area contributed by atoms with Crippen molar-refractivity contribution in [2.24, 2.45) is 5.92 Å². The highest BCUT2D eigenvalue weighted by atomic mass is 35.5. The zero-order valence-electron chi connectivity index (χ0n) is 16.0. The topological polar surface area (TPSA) is 71.2 Å². The second kappa shape index (κ2) is 8.76. The number of halogens is 1. The first-order valence-electron chi connectivity index (χ1n) is 9.75. The minimum absolute atomic E-state index is 0.211. The molecule has 1 N–H and O–H groups in total. The predicted molar refractivity (Wildman–Crippen MR) is 112 cm³/mol. The summed E-state index contributed by atoms with van der Waals surface area (Å²) in [6, 6.07) is 11.1. The van der Waals surface area contributed by atoms with Crippen LogP contribution in [0.25, 0.3) is 11.4 Å². The number of benzene rings is 1. The van der Waals surface area contributed by atoms with Gasteiger partial charge >= 0.3 is 5.97 Å². The van der Waals surface area contributed by atoms with Gasteiger partial charge in [-0.05, 0) is 48.6 Å². The van der Waals surface area contributed by atoms with Gasteiger partial charge in [-0.3, -0.25) is 9.88 Å². The number of carboxylic acid groups (broad SMARTS) is 1. The van der Waals surface area contributed by atoms with Crippen LogP contribution in [0.5, 0.6) is 0 Å². The van der Waals surface area contributed by atoms with Gasteiger partial charge in [0.15, 0.2) is 0 Å². The van der Waals surface area contributed by atoms with E-state index in [0.29, 0.717) is 11.4 Å². The zero-order valence-corrected chi connectivity index (χ0v) is 16.8. The van der Waals surface area contributed by atoms with Gasteiger partial charge in [-0.1, -0.05) is 23.7 Å². The highest BCUT2D eigenvalue weighted by molar-refractivity contribution is 6.30. The first kappa shape index (κ1) is 19.6. The van der Waals surface area contributed by atoms with E-state index in [9.17, 15) is 4.79 Å². The molecular formula is C22H23ClN4O2. The monoisotopic (exact) mass is 410 g/mol. The molecule has 1 saturated carbocycles. The van der Waals surface area contributed by atoms with Gasteiger partial charge in [0, 0.05) is 43.6 Å². The van der Waals surface area contributed by atoms with Crippen LogP contribution in [0.15, 0.2) is 55.1 Å². The summed E-state index contributed by atoms with van der Waals surface area (Å²) in [4.78, 5) is 22.3. The number of rotatable bonds is 9. The number of nitrogens with zero attached hydrogens (tertiary/aromatic N) is 4. The third-order valence-corrected chi connectivity index (χ3v) is 5.36. The molecule has 0 spiro atoms. The number of pyridine rings is 1. The highest BCUT2D eigenvalue weighted by Gasteiger charge is 2.24. The van der Waals surface area contributed by atoms with E-state index in [1.807, 2.05) is 22.9 Å². The number of hydrogen-bond acceptors (Lipinski definition) is 4. The van der Waals surface area contributed by atoms with Crippen LogP contribution in [0.4, 0.5) is 0 Å². The van der Waals surface area contributed by atoms with Crippen LogP contribution in [0.2, 0.25) is 5.02 Å². The summed E-state index contributed by atoms with van der Waals surface area (Å²) >= 11 is 6.00. The van der Waals surface area contributed by atoms with Crippen LogP contribution in [0, 0.1) is 5.92 Å². The molecule has 1 fully saturated rings. The summed E-state index contributed by atoms with van der Waals surface area (Å²) in [6.45, 7) is 3.73. The SMILES string of the molecule is O=C(O)c1ccnc(-c2cn(CCN(Cc3ccc(Cl)cc3)CC3CC3)cn2)c1. The maximum Gasteiger partial charge on any atom is 0.335 e. The van der Waals surface area contributed by atoms with Gasteiger partial charge < -0.3 is 9.67 Å². The number of aromatic nitrogens is 3. The lowest BCUT2D eigenvalue weighted by molar-refractivity contribution is 0.0697. The molecule has 0 amide bonds. The van der Waals surface area contributed by atoms with Crippen molar-refractivity contribution < 1.29 is 9.90 Å². The van der Waals surface area contributed by atoms with Gasteiger partial charge in [0.2, 0.25) is 0 Å². The molecule has 0 radical (unpaired) electrons. The van der Waals surface area contributed by atoms with Gasteiger partial charge in [-0.25, -0.2) is 9.78 Å². The van der Waals surface area contributed by atoms with E-state index in [-0.39, 0.29) is 5.56 Å². The number of aromatic carboxylic acids is 1. The fourth-order valence-corrected chi connectivity index (χ4v) is 3.45. The third-order valence-electron chi connectivity index (χ3n) is 5.11. The Morgan fingerprint density at radius 1 is 1.17 bits per heavy atom. The Kier molecular flexibility index (Phi) is 5.92. The zero-order chi connectivity index (χ0) is 20.2. The standard InChI is InChI=1S/C22H23ClN4O2/c23-19-5-3-17(4-6-19)13-26(12-16-1-2-16)9-10-27-14-21(25-15-27)20-11-18(22(28)29)7-8-24-20/h3-8,11,14-16H,1-2,9-10,12-13H2,(H,28,29). The Hall–Kier alpha value is -2.70. The Bertz CT molecular complexity index is 982. The van der Waals surface area contributed by atoms with Crippen molar-refractivity contribution in [3.8, 4) is 11.4 Å². The maximum absolute atomic E-state index is 11.2. The first-order valence-corrected chi connectivity index (χ1v) is 10.1. The fraction of sp³-hybridized carbons (Fsp3) is 0.318.